The second-order valence-electron chi connectivity index (χ2n) is 4.06. The molecule has 0 aliphatic rings. The van der Waals surface area contributed by atoms with Crippen LogP contribution in [0.3, 0.4) is 0 Å². The van der Waals surface area contributed by atoms with Crippen molar-refractivity contribution in [1.29, 1.82) is 0 Å². The zero-order valence-electron chi connectivity index (χ0n) is 10.6. The number of thiocarbonyl (C=S) groups is 1. The first-order valence-corrected chi connectivity index (χ1v) is 7.50. The fourth-order valence-corrected chi connectivity index (χ4v) is 2.99. The van der Waals surface area contributed by atoms with Crippen LogP contribution in [-0.2, 0) is 10.0 Å². The van der Waals surface area contributed by atoms with Crippen molar-refractivity contribution in [2.45, 2.75) is 11.8 Å². The predicted molar refractivity (Wildman–Crippen MR) is 79.9 cm³/mol. The Morgan fingerprint density at radius 1 is 1.35 bits per heavy atom. The fourth-order valence-electron chi connectivity index (χ4n) is 1.59. The number of hydrogen-bond donors (Lipinski definition) is 2. The van der Waals surface area contributed by atoms with Crippen molar-refractivity contribution in [3.63, 3.8) is 0 Å². The largest absolute Gasteiger partial charge is 0.389 e. The van der Waals surface area contributed by atoms with Gasteiger partial charge >= 0.3 is 0 Å². The molecule has 0 bridgehead atoms. The summed E-state index contributed by atoms with van der Waals surface area (Å²) < 4.78 is 27.0. The van der Waals surface area contributed by atoms with Gasteiger partial charge in [-0.2, -0.15) is 5.10 Å². The topological polar surface area (TPSA) is 98.0 Å². The van der Waals surface area contributed by atoms with Gasteiger partial charge in [-0.3, -0.25) is 4.72 Å². The Hall–Kier alpha value is -2.06. The van der Waals surface area contributed by atoms with E-state index < -0.39 is 10.0 Å². The van der Waals surface area contributed by atoms with Crippen molar-refractivity contribution >= 4 is 33.0 Å². The van der Waals surface area contributed by atoms with Crippen LogP contribution in [0.5, 0.6) is 0 Å². The lowest BCUT2D eigenvalue weighted by molar-refractivity contribution is 0.600. The number of hydrogen-bond acceptors (Lipinski definition) is 5. The van der Waals surface area contributed by atoms with Gasteiger partial charge < -0.3 is 5.73 Å². The van der Waals surface area contributed by atoms with E-state index in [1.807, 2.05) is 0 Å². The molecule has 1 aromatic carbocycles. The van der Waals surface area contributed by atoms with Crippen molar-refractivity contribution in [1.82, 2.24) is 10.2 Å². The molecule has 0 atom stereocenters. The van der Waals surface area contributed by atoms with E-state index in [2.05, 4.69) is 14.9 Å². The highest BCUT2D eigenvalue weighted by Gasteiger charge is 2.18. The van der Waals surface area contributed by atoms with Crippen LogP contribution >= 0.6 is 12.2 Å². The molecule has 0 unspecified atom stereocenters. The molecule has 6 nitrogen and oxygen atoms in total. The number of aromatic nitrogens is 2. The van der Waals surface area contributed by atoms with E-state index in [0.29, 0.717) is 11.1 Å². The van der Waals surface area contributed by atoms with E-state index in [9.17, 15) is 8.42 Å². The van der Waals surface area contributed by atoms with Gasteiger partial charge in [0.05, 0.1) is 4.90 Å². The smallest absolute Gasteiger partial charge is 0.263 e. The average Bonchev–Trinajstić information content (AvgIpc) is 2.39. The molecule has 20 heavy (non-hydrogen) atoms. The third-order valence-electron chi connectivity index (χ3n) is 2.57. The zero-order chi connectivity index (χ0) is 14.8. The lowest BCUT2D eigenvalue weighted by atomic mass is 10.1. The third-order valence-corrected chi connectivity index (χ3v) is 4.31. The first-order valence-electron chi connectivity index (χ1n) is 5.61. The highest BCUT2D eigenvalue weighted by Crippen LogP contribution is 2.19. The second kappa shape index (κ2) is 5.51. The van der Waals surface area contributed by atoms with E-state index >= 15 is 0 Å². The molecule has 1 heterocycles. The van der Waals surface area contributed by atoms with Gasteiger partial charge in [-0.15, -0.1) is 5.10 Å². The number of anilines is 1. The minimum absolute atomic E-state index is 0.105. The van der Waals surface area contributed by atoms with E-state index in [1.165, 1.54) is 18.3 Å². The minimum Gasteiger partial charge on any atom is -0.389 e. The van der Waals surface area contributed by atoms with Gasteiger partial charge in [0.2, 0.25) is 0 Å². The summed E-state index contributed by atoms with van der Waals surface area (Å²) in [4.78, 5) is 0.245. The Morgan fingerprint density at radius 3 is 2.70 bits per heavy atom. The Kier molecular flexibility index (Phi) is 3.96. The second-order valence-corrected chi connectivity index (χ2v) is 6.15. The number of aryl methyl sites for hydroxylation is 1. The van der Waals surface area contributed by atoms with Gasteiger partial charge in [-0.25, -0.2) is 8.42 Å². The van der Waals surface area contributed by atoms with Gasteiger partial charge in [-0.1, -0.05) is 24.4 Å². The Labute approximate surface area is 122 Å². The molecule has 3 N–H and O–H groups in total. The summed E-state index contributed by atoms with van der Waals surface area (Å²) in [6.07, 6.45) is 1.45. The molecule has 104 valence electrons. The molecule has 0 radical (unpaired) electrons. The van der Waals surface area contributed by atoms with Gasteiger partial charge in [0.1, 0.15) is 4.99 Å². The first kappa shape index (κ1) is 14.4. The number of benzene rings is 1. The van der Waals surface area contributed by atoms with Crippen molar-refractivity contribution in [2.75, 3.05) is 4.72 Å². The summed E-state index contributed by atoms with van der Waals surface area (Å²) >= 11 is 4.86. The van der Waals surface area contributed by atoms with E-state index in [4.69, 9.17) is 18.0 Å². The molecule has 0 saturated carbocycles. The van der Waals surface area contributed by atoms with Crippen LogP contribution < -0.4 is 10.5 Å². The SMILES string of the molecule is Cc1ccc(C(N)=S)cc1S(=O)(=O)Nc1cccnn1. The number of sulfonamides is 1. The summed E-state index contributed by atoms with van der Waals surface area (Å²) in [6, 6.07) is 7.87. The van der Waals surface area contributed by atoms with Crippen LogP contribution in [0.4, 0.5) is 5.82 Å². The zero-order valence-corrected chi connectivity index (χ0v) is 12.2. The van der Waals surface area contributed by atoms with Gasteiger partial charge in [0.15, 0.2) is 5.82 Å². The molecule has 8 heteroatoms. The van der Waals surface area contributed by atoms with E-state index in [-0.39, 0.29) is 15.7 Å². The van der Waals surface area contributed by atoms with Gasteiger partial charge in [-0.05, 0) is 30.7 Å². The van der Waals surface area contributed by atoms with Crippen LogP contribution in [0.25, 0.3) is 0 Å². The Bertz CT molecular complexity index is 745. The minimum atomic E-state index is -3.77. The summed E-state index contributed by atoms with van der Waals surface area (Å²) in [6.45, 7) is 1.69. The van der Waals surface area contributed by atoms with Crippen LogP contribution in [-0.4, -0.2) is 23.6 Å². The molecule has 2 aromatic rings. The predicted octanol–water partition coefficient (Wildman–Crippen LogP) is 1.22. The lowest BCUT2D eigenvalue weighted by Crippen LogP contribution is -2.17. The van der Waals surface area contributed by atoms with Gasteiger partial charge in [0.25, 0.3) is 10.0 Å². The number of rotatable bonds is 4. The summed E-state index contributed by atoms with van der Waals surface area (Å²) in [7, 11) is -3.77. The average molecular weight is 308 g/mol. The molecule has 0 aliphatic heterocycles. The number of nitrogens with zero attached hydrogens (tertiary/aromatic N) is 2. The molecular weight excluding hydrogens is 296 g/mol. The van der Waals surface area contributed by atoms with Crippen LogP contribution in [0.2, 0.25) is 0 Å². The maximum atomic E-state index is 12.3. The van der Waals surface area contributed by atoms with Crippen LogP contribution in [0, 0.1) is 6.92 Å². The molecule has 2 rings (SSSR count). The van der Waals surface area contributed by atoms with Crippen LogP contribution in [0.1, 0.15) is 11.1 Å². The highest BCUT2D eigenvalue weighted by atomic mass is 32.2. The Balaban J connectivity index is 2.44. The van der Waals surface area contributed by atoms with Crippen molar-refractivity contribution in [3.05, 3.63) is 47.7 Å². The lowest BCUT2D eigenvalue weighted by Gasteiger charge is -2.10. The molecule has 1 aromatic heterocycles. The standard InChI is InChI=1S/C12H12N4O2S2/c1-8-4-5-9(12(13)19)7-10(8)20(17,18)16-11-3-2-6-14-15-11/h2-7H,1H3,(H2,13,19)(H,15,16). The third kappa shape index (κ3) is 3.09. The molecular formula is C12H12N4O2S2. The maximum Gasteiger partial charge on any atom is 0.263 e. The quantitative estimate of drug-likeness (QED) is 0.824. The van der Waals surface area contributed by atoms with Crippen LogP contribution in [0.15, 0.2) is 41.4 Å². The first-order chi connectivity index (χ1) is 9.40. The monoisotopic (exact) mass is 308 g/mol. The van der Waals surface area contributed by atoms with Crippen molar-refractivity contribution in [2.24, 2.45) is 5.73 Å². The molecule has 0 amide bonds. The normalized spacial score (nSPS) is 11.1. The van der Waals surface area contributed by atoms with Crippen molar-refractivity contribution in [3.8, 4) is 0 Å². The van der Waals surface area contributed by atoms with Gasteiger partial charge in [0, 0.05) is 11.8 Å². The van der Waals surface area contributed by atoms with E-state index in [0.717, 1.165) is 0 Å². The molecule has 0 spiro atoms. The maximum absolute atomic E-state index is 12.3. The summed E-state index contributed by atoms with van der Waals surface area (Å²) in [5, 5.41) is 7.30. The fraction of sp³-hybridized carbons (Fsp3) is 0.0833. The summed E-state index contributed by atoms with van der Waals surface area (Å²) in [5.41, 5.74) is 6.60. The molecule has 0 saturated heterocycles. The number of nitrogens with one attached hydrogen (secondary N) is 1. The van der Waals surface area contributed by atoms with E-state index in [1.54, 1.807) is 25.1 Å². The summed E-state index contributed by atoms with van der Waals surface area (Å²) in [5.74, 6) is 0.146. The highest BCUT2D eigenvalue weighted by molar-refractivity contribution is 7.92. The number of nitrogens with two attached hydrogens (primary N) is 1. The molecule has 0 fully saturated rings. The molecule has 0 aliphatic carbocycles. The van der Waals surface area contributed by atoms with Crippen molar-refractivity contribution < 1.29 is 8.42 Å². The Morgan fingerprint density at radius 2 is 2.10 bits per heavy atom.